The summed E-state index contributed by atoms with van der Waals surface area (Å²) in [6.45, 7) is -0.0198. The third-order valence-electron chi connectivity index (χ3n) is 5.05. The first-order chi connectivity index (χ1) is 16.4. The SMILES string of the molecule is COc1cc(/C=C2\C(=O)NC(=O)N(c3ccc(O)cc3)C2=O)ccc1OCc1ccccc1F. The molecule has 172 valence electrons. The lowest BCUT2D eigenvalue weighted by molar-refractivity contribution is -0.122. The van der Waals surface area contributed by atoms with Crippen molar-refractivity contribution in [2.45, 2.75) is 6.61 Å². The molecule has 0 unspecified atom stereocenters. The van der Waals surface area contributed by atoms with Gasteiger partial charge in [0.2, 0.25) is 0 Å². The molecule has 1 fully saturated rings. The zero-order valence-electron chi connectivity index (χ0n) is 17.9. The number of methoxy groups -OCH3 is 1. The first kappa shape index (κ1) is 22.5. The van der Waals surface area contributed by atoms with Gasteiger partial charge in [-0.25, -0.2) is 14.1 Å². The number of nitrogens with one attached hydrogen (secondary N) is 1. The van der Waals surface area contributed by atoms with Gasteiger partial charge in [-0.15, -0.1) is 0 Å². The first-order valence-corrected chi connectivity index (χ1v) is 10.1. The molecule has 4 rings (SSSR count). The van der Waals surface area contributed by atoms with Crippen LogP contribution in [0.5, 0.6) is 17.2 Å². The largest absolute Gasteiger partial charge is 0.508 e. The smallest absolute Gasteiger partial charge is 0.335 e. The van der Waals surface area contributed by atoms with Crippen molar-refractivity contribution >= 4 is 29.6 Å². The molecule has 34 heavy (non-hydrogen) atoms. The van der Waals surface area contributed by atoms with E-state index in [9.17, 15) is 23.9 Å². The summed E-state index contributed by atoms with van der Waals surface area (Å²) in [5.74, 6) is -1.45. The topological polar surface area (TPSA) is 105 Å². The molecule has 0 aromatic heterocycles. The fraction of sp³-hybridized carbons (Fsp3) is 0.0800. The molecule has 0 bridgehead atoms. The summed E-state index contributed by atoms with van der Waals surface area (Å²) in [6, 6.07) is 15.4. The number of carbonyl (C=O) groups excluding carboxylic acids is 3. The Kier molecular flexibility index (Phi) is 6.26. The van der Waals surface area contributed by atoms with E-state index in [0.29, 0.717) is 22.6 Å². The maximum Gasteiger partial charge on any atom is 0.335 e. The molecular weight excluding hydrogens is 443 g/mol. The number of hydrogen-bond acceptors (Lipinski definition) is 6. The Bertz CT molecular complexity index is 1300. The van der Waals surface area contributed by atoms with E-state index < -0.39 is 23.7 Å². The number of anilines is 1. The highest BCUT2D eigenvalue weighted by atomic mass is 19.1. The summed E-state index contributed by atoms with van der Waals surface area (Å²) >= 11 is 0. The van der Waals surface area contributed by atoms with Gasteiger partial charge in [-0.1, -0.05) is 24.3 Å². The van der Waals surface area contributed by atoms with Crippen molar-refractivity contribution in [3.05, 3.63) is 89.2 Å². The third-order valence-corrected chi connectivity index (χ3v) is 5.05. The lowest BCUT2D eigenvalue weighted by Crippen LogP contribution is -2.54. The van der Waals surface area contributed by atoms with Gasteiger partial charge in [0.15, 0.2) is 11.5 Å². The molecule has 8 nitrogen and oxygen atoms in total. The van der Waals surface area contributed by atoms with Crippen molar-refractivity contribution in [1.82, 2.24) is 5.32 Å². The Labute approximate surface area is 193 Å². The molecule has 0 saturated carbocycles. The van der Waals surface area contributed by atoms with E-state index in [-0.39, 0.29) is 23.6 Å². The molecule has 3 aromatic rings. The van der Waals surface area contributed by atoms with Crippen LogP contribution < -0.4 is 19.7 Å². The molecule has 1 saturated heterocycles. The molecule has 2 N–H and O–H groups in total. The summed E-state index contributed by atoms with van der Waals surface area (Å²) < 4.78 is 24.9. The summed E-state index contributed by atoms with van der Waals surface area (Å²) in [4.78, 5) is 38.4. The van der Waals surface area contributed by atoms with Crippen molar-refractivity contribution < 1.29 is 33.4 Å². The Morgan fingerprint density at radius 2 is 1.74 bits per heavy atom. The van der Waals surface area contributed by atoms with E-state index in [0.717, 1.165) is 4.90 Å². The van der Waals surface area contributed by atoms with Crippen molar-refractivity contribution in [2.24, 2.45) is 0 Å². The standard InChI is InChI=1S/C25H19FN2O6/c1-33-22-13-15(6-11-21(22)34-14-16-4-2-3-5-20(16)26)12-19-23(30)27-25(32)28(24(19)31)17-7-9-18(29)10-8-17/h2-13,29H,14H2,1H3,(H,27,30,32)/b19-12+. The highest BCUT2D eigenvalue weighted by molar-refractivity contribution is 6.39. The monoisotopic (exact) mass is 462 g/mol. The summed E-state index contributed by atoms with van der Waals surface area (Å²) in [6.07, 6.45) is 1.32. The van der Waals surface area contributed by atoms with E-state index in [4.69, 9.17) is 9.47 Å². The van der Waals surface area contributed by atoms with Gasteiger partial charge in [0, 0.05) is 5.56 Å². The van der Waals surface area contributed by atoms with Gasteiger partial charge in [-0.2, -0.15) is 0 Å². The molecule has 9 heteroatoms. The van der Waals surface area contributed by atoms with Crippen LogP contribution in [0.4, 0.5) is 14.9 Å². The first-order valence-electron chi connectivity index (χ1n) is 10.1. The summed E-state index contributed by atoms with van der Waals surface area (Å²) in [7, 11) is 1.42. The van der Waals surface area contributed by atoms with Crippen molar-refractivity contribution in [2.75, 3.05) is 12.0 Å². The number of nitrogens with zero attached hydrogens (tertiary/aromatic N) is 1. The molecule has 1 aliphatic rings. The third kappa shape index (κ3) is 4.58. The van der Waals surface area contributed by atoms with E-state index >= 15 is 0 Å². The average Bonchev–Trinajstić information content (AvgIpc) is 2.82. The van der Waals surface area contributed by atoms with E-state index in [2.05, 4.69) is 5.32 Å². The number of benzene rings is 3. The quantitative estimate of drug-likeness (QED) is 0.427. The van der Waals surface area contributed by atoms with Crippen molar-refractivity contribution in [1.29, 1.82) is 0 Å². The van der Waals surface area contributed by atoms with Gasteiger partial charge in [-0.3, -0.25) is 14.9 Å². The number of halogens is 1. The highest BCUT2D eigenvalue weighted by Gasteiger charge is 2.36. The predicted molar refractivity (Wildman–Crippen MR) is 121 cm³/mol. The number of urea groups is 1. The van der Waals surface area contributed by atoms with E-state index in [1.165, 1.54) is 43.5 Å². The van der Waals surface area contributed by atoms with Crippen LogP contribution in [0, 0.1) is 5.82 Å². The number of aromatic hydroxyl groups is 1. The van der Waals surface area contributed by atoms with Crippen LogP contribution in [0.1, 0.15) is 11.1 Å². The van der Waals surface area contributed by atoms with Crippen LogP contribution in [-0.2, 0) is 16.2 Å². The van der Waals surface area contributed by atoms with Gasteiger partial charge in [0.25, 0.3) is 11.8 Å². The molecular formula is C25H19FN2O6. The van der Waals surface area contributed by atoms with Crippen LogP contribution >= 0.6 is 0 Å². The van der Waals surface area contributed by atoms with Gasteiger partial charge in [-0.05, 0) is 54.1 Å². The minimum atomic E-state index is -0.896. The minimum Gasteiger partial charge on any atom is -0.508 e. The second-order valence-corrected chi connectivity index (χ2v) is 7.26. The maximum atomic E-state index is 13.8. The molecule has 0 radical (unpaired) electrons. The Balaban J connectivity index is 1.60. The zero-order valence-corrected chi connectivity index (χ0v) is 17.9. The van der Waals surface area contributed by atoms with Crippen LogP contribution in [0.3, 0.4) is 0 Å². The lowest BCUT2D eigenvalue weighted by atomic mass is 10.1. The number of barbiturate groups is 1. The summed E-state index contributed by atoms with van der Waals surface area (Å²) in [5.41, 5.74) is 0.732. The Hall–Kier alpha value is -4.66. The van der Waals surface area contributed by atoms with Gasteiger partial charge in [0.1, 0.15) is 23.7 Å². The maximum absolute atomic E-state index is 13.8. The Morgan fingerprint density at radius 1 is 1.00 bits per heavy atom. The molecule has 0 aliphatic carbocycles. The normalized spacial score (nSPS) is 14.8. The second kappa shape index (κ2) is 9.45. The number of imide groups is 2. The number of rotatable bonds is 6. The van der Waals surface area contributed by atoms with Gasteiger partial charge >= 0.3 is 6.03 Å². The van der Waals surface area contributed by atoms with Gasteiger partial charge in [0.05, 0.1) is 12.8 Å². The molecule has 0 atom stereocenters. The number of carbonyl (C=O) groups is 3. The fourth-order valence-corrected chi connectivity index (χ4v) is 3.32. The number of hydrogen-bond donors (Lipinski definition) is 2. The second-order valence-electron chi connectivity index (χ2n) is 7.26. The number of amides is 4. The average molecular weight is 462 g/mol. The van der Waals surface area contributed by atoms with Crippen molar-refractivity contribution in [3.63, 3.8) is 0 Å². The van der Waals surface area contributed by atoms with Crippen LogP contribution in [0.25, 0.3) is 6.08 Å². The van der Waals surface area contributed by atoms with Crippen molar-refractivity contribution in [3.8, 4) is 17.2 Å². The van der Waals surface area contributed by atoms with E-state index in [1.54, 1.807) is 36.4 Å². The molecule has 3 aromatic carbocycles. The molecule has 1 aliphatic heterocycles. The minimum absolute atomic E-state index is 0.0198. The lowest BCUT2D eigenvalue weighted by Gasteiger charge is -2.26. The van der Waals surface area contributed by atoms with Gasteiger partial charge < -0.3 is 14.6 Å². The van der Waals surface area contributed by atoms with E-state index in [1.807, 2.05) is 0 Å². The number of phenolic OH excluding ortho intramolecular Hbond substituents is 1. The van der Waals surface area contributed by atoms with Crippen LogP contribution in [-0.4, -0.2) is 30.1 Å². The number of ether oxygens (including phenoxy) is 2. The van der Waals surface area contributed by atoms with Crippen LogP contribution in [0.2, 0.25) is 0 Å². The predicted octanol–water partition coefficient (Wildman–Crippen LogP) is 3.79. The summed E-state index contributed by atoms with van der Waals surface area (Å²) in [5, 5.41) is 11.6. The molecule has 0 spiro atoms. The highest BCUT2D eigenvalue weighted by Crippen LogP contribution is 2.31. The number of phenols is 1. The molecule has 4 amide bonds. The fourth-order valence-electron chi connectivity index (χ4n) is 3.32. The molecule has 1 heterocycles. The van der Waals surface area contributed by atoms with Crippen LogP contribution in [0.15, 0.2) is 72.3 Å². The zero-order chi connectivity index (χ0) is 24.2. The Morgan fingerprint density at radius 3 is 2.44 bits per heavy atom.